The van der Waals surface area contributed by atoms with Gasteiger partial charge in [0.15, 0.2) is 11.4 Å². The predicted octanol–water partition coefficient (Wildman–Crippen LogP) is 3.38. The Kier molecular flexibility index (Phi) is 2.04. The average molecular weight is 266 g/mol. The van der Waals surface area contributed by atoms with E-state index in [0.29, 0.717) is 11.3 Å². The molecule has 0 radical (unpaired) electrons. The number of carbonyl (C=O) groups excluding carboxylic acids is 1. The Labute approximate surface area is 117 Å². The first-order valence-electron chi connectivity index (χ1n) is 6.68. The number of ketones is 1. The summed E-state index contributed by atoms with van der Waals surface area (Å²) in [6.45, 7) is 3.69. The number of para-hydroxylation sites is 1. The van der Waals surface area contributed by atoms with Gasteiger partial charge in [0.2, 0.25) is 5.79 Å². The van der Waals surface area contributed by atoms with Crippen molar-refractivity contribution in [2.24, 2.45) is 0 Å². The molecule has 3 nitrogen and oxygen atoms in total. The Morgan fingerprint density at radius 3 is 2.35 bits per heavy atom. The lowest BCUT2D eigenvalue weighted by atomic mass is 9.79. The summed E-state index contributed by atoms with van der Waals surface area (Å²) in [5.74, 6) is -0.221. The minimum atomic E-state index is -0.988. The SMILES string of the molecule is C[C@]12Oc3ccccc3[C@](C)(O1)C(=O)c1ccccc12. The number of fused-ring (bicyclic) bond motifs is 6. The summed E-state index contributed by atoms with van der Waals surface area (Å²) in [6.07, 6.45) is 0. The quantitative estimate of drug-likeness (QED) is 0.733. The molecule has 0 saturated carbocycles. The van der Waals surface area contributed by atoms with Crippen molar-refractivity contribution in [2.75, 3.05) is 0 Å². The molecule has 0 fully saturated rings. The lowest BCUT2D eigenvalue weighted by molar-refractivity contribution is -0.254. The van der Waals surface area contributed by atoms with E-state index >= 15 is 0 Å². The van der Waals surface area contributed by atoms with Crippen molar-refractivity contribution >= 4 is 5.78 Å². The molecule has 2 bridgehead atoms. The second-order valence-electron chi connectivity index (χ2n) is 5.55. The van der Waals surface area contributed by atoms with Gasteiger partial charge in [0.05, 0.1) is 0 Å². The zero-order valence-electron chi connectivity index (χ0n) is 11.3. The maximum Gasteiger partial charge on any atom is 0.236 e. The molecular weight excluding hydrogens is 252 g/mol. The maximum absolute atomic E-state index is 12.9. The Morgan fingerprint density at radius 2 is 1.55 bits per heavy atom. The zero-order valence-corrected chi connectivity index (χ0v) is 11.3. The normalized spacial score (nSPS) is 30.2. The molecule has 3 heteroatoms. The van der Waals surface area contributed by atoms with E-state index in [0.717, 1.165) is 11.1 Å². The van der Waals surface area contributed by atoms with Gasteiger partial charge in [-0.3, -0.25) is 4.79 Å². The summed E-state index contributed by atoms with van der Waals surface area (Å²) >= 11 is 0. The van der Waals surface area contributed by atoms with Gasteiger partial charge in [-0.1, -0.05) is 42.5 Å². The molecule has 0 amide bonds. The molecule has 0 N–H and O–H groups in total. The smallest absolute Gasteiger partial charge is 0.236 e. The fourth-order valence-electron chi connectivity index (χ4n) is 3.24. The van der Waals surface area contributed by atoms with E-state index in [9.17, 15) is 4.79 Å². The molecule has 2 aromatic rings. The molecule has 0 spiro atoms. The second kappa shape index (κ2) is 3.49. The monoisotopic (exact) mass is 266 g/mol. The van der Waals surface area contributed by atoms with Gasteiger partial charge in [-0.05, 0) is 13.0 Å². The van der Waals surface area contributed by atoms with E-state index in [1.54, 1.807) is 0 Å². The van der Waals surface area contributed by atoms with Gasteiger partial charge in [-0.2, -0.15) is 0 Å². The first-order chi connectivity index (χ1) is 9.55. The maximum atomic E-state index is 12.9. The lowest BCUT2D eigenvalue weighted by Crippen LogP contribution is -2.54. The van der Waals surface area contributed by atoms with Crippen molar-refractivity contribution in [1.82, 2.24) is 0 Å². The Hall–Kier alpha value is -2.13. The largest absolute Gasteiger partial charge is 0.458 e. The third-order valence-electron chi connectivity index (χ3n) is 4.20. The highest BCUT2D eigenvalue weighted by Gasteiger charge is 2.56. The lowest BCUT2D eigenvalue weighted by Gasteiger charge is -2.49. The van der Waals surface area contributed by atoms with Crippen LogP contribution in [0, 0.1) is 0 Å². The molecule has 2 atom stereocenters. The Balaban J connectivity index is 2.06. The Bertz CT molecular complexity index is 737. The van der Waals surface area contributed by atoms with E-state index in [2.05, 4.69) is 0 Å². The number of ether oxygens (including phenoxy) is 2. The number of hydrogen-bond donors (Lipinski definition) is 0. The topological polar surface area (TPSA) is 35.5 Å². The number of carbonyl (C=O) groups is 1. The van der Waals surface area contributed by atoms with Crippen molar-refractivity contribution < 1.29 is 14.3 Å². The molecule has 0 aliphatic carbocycles. The number of benzene rings is 2. The van der Waals surface area contributed by atoms with E-state index in [4.69, 9.17) is 9.47 Å². The van der Waals surface area contributed by atoms with Crippen LogP contribution in [0.15, 0.2) is 48.5 Å². The molecule has 0 saturated heterocycles. The number of Topliss-reactive ketones (excluding diaryl/α,β-unsaturated/α-hetero) is 1. The van der Waals surface area contributed by atoms with E-state index in [1.165, 1.54) is 0 Å². The second-order valence-corrected chi connectivity index (χ2v) is 5.55. The standard InChI is InChI=1S/C17H14O3/c1-16-13-9-5-6-10-14(13)19-17(2,20-16)12-8-4-3-7-11(12)15(16)18/h3-10H,1-2H3/t16-,17-/m0/s1. The van der Waals surface area contributed by atoms with Crippen LogP contribution >= 0.6 is 0 Å². The molecule has 0 aromatic heterocycles. The molecule has 2 aliphatic heterocycles. The van der Waals surface area contributed by atoms with Gasteiger partial charge >= 0.3 is 0 Å². The van der Waals surface area contributed by atoms with Crippen molar-refractivity contribution in [3.05, 3.63) is 65.2 Å². The van der Waals surface area contributed by atoms with Gasteiger partial charge in [0, 0.05) is 23.6 Å². The van der Waals surface area contributed by atoms with Crippen molar-refractivity contribution in [1.29, 1.82) is 0 Å². The fraction of sp³-hybridized carbons (Fsp3) is 0.235. The van der Waals surface area contributed by atoms with Crippen LogP contribution in [-0.4, -0.2) is 5.78 Å². The van der Waals surface area contributed by atoms with Crippen LogP contribution in [0.2, 0.25) is 0 Å². The molecule has 0 unspecified atom stereocenters. The summed E-state index contributed by atoms with van der Waals surface area (Å²) in [4.78, 5) is 12.9. The number of rotatable bonds is 0. The summed E-state index contributed by atoms with van der Waals surface area (Å²) in [6, 6.07) is 15.1. The third kappa shape index (κ3) is 1.26. The third-order valence-corrected chi connectivity index (χ3v) is 4.20. The summed E-state index contributed by atoms with van der Waals surface area (Å²) < 4.78 is 12.1. The first-order valence-corrected chi connectivity index (χ1v) is 6.68. The van der Waals surface area contributed by atoms with Gasteiger partial charge in [0.25, 0.3) is 0 Å². The fourth-order valence-corrected chi connectivity index (χ4v) is 3.24. The van der Waals surface area contributed by atoms with Gasteiger partial charge in [-0.25, -0.2) is 0 Å². The van der Waals surface area contributed by atoms with E-state index in [-0.39, 0.29) is 5.78 Å². The van der Waals surface area contributed by atoms with Crippen LogP contribution in [0.25, 0.3) is 0 Å². The van der Waals surface area contributed by atoms with Crippen LogP contribution in [0.4, 0.5) is 0 Å². The van der Waals surface area contributed by atoms with Crippen LogP contribution in [-0.2, 0) is 16.1 Å². The van der Waals surface area contributed by atoms with Crippen LogP contribution in [0.5, 0.6) is 5.75 Å². The molecule has 4 rings (SSSR count). The van der Waals surface area contributed by atoms with Gasteiger partial charge in [-0.15, -0.1) is 0 Å². The summed E-state index contributed by atoms with van der Waals surface area (Å²) in [5, 5.41) is 0. The predicted molar refractivity (Wildman–Crippen MR) is 73.6 cm³/mol. The van der Waals surface area contributed by atoms with E-state index in [1.807, 2.05) is 62.4 Å². The highest BCUT2D eigenvalue weighted by atomic mass is 16.7. The van der Waals surface area contributed by atoms with Gasteiger partial charge < -0.3 is 9.47 Å². The Morgan fingerprint density at radius 1 is 0.900 bits per heavy atom. The highest BCUT2D eigenvalue weighted by molar-refractivity contribution is 6.05. The average Bonchev–Trinajstić information content (AvgIpc) is 2.45. The van der Waals surface area contributed by atoms with Crippen molar-refractivity contribution in [3.63, 3.8) is 0 Å². The molecule has 2 aliphatic rings. The molecule has 100 valence electrons. The molecule has 2 heterocycles. The van der Waals surface area contributed by atoms with Crippen molar-refractivity contribution in [3.8, 4) is 5.75 Å². The van der Waals surface area contributed by atoms with Crippen LogP contribution in [0.3, 0.4) is 0 Å². The highest BCUT2D eigenvalue weighted by Crippen LogP contribution is 2.52. The molecular formula is C17H14O3. The number of hydrogen-bond acceptors (Lipinski definition) is 3. The van der Waals surface area contributed by atoms with E-state index < -0.39 is 11.4 Å². The first kappa shape index (κ1) is 11.7. The van der Waals surface area contributed by atoms with Crippen LogP contribution < -0.4 is 4.74 Å². The minimum absolute atomic E-state index is 0.0127. The minimum Gasteiger partial charge on any atom is -0.458 e. The van der Waals surface area contributed by atoms with Crippen molar-refractivity contribution in [2.45, 2.75) is 25.2 Å². The zero-order chi connectivity index (χ0) is 14.0. The molecule has 2 aromatic carbocycles. The van der Waals surface area contributed by atoms with Crippen LogP contribution in [0.1, 0.15) is 35.3 Å². The summed E-state index contributed by atoms with van der Waals surface area (Å²) in [7, 11) is 0. The van der Waals surface area contributed by atoms with Gasteiger partial charge in [0.1, 0.15) is 5.75 Å². The summed E-state index contributed by atoms with van der Waals surface area (Å²) in [5.41, 5.74) is 1.27. The molecule has 20 heavy (non-hydrogen) atoms.